The second-order valence-electron chi connectivity index (χ2n) is 6.97. The highest BCUT2D eigenvalue weighted by Crippen LogP contribution is 2.51. The summed E-state index contributed by atoms with van der Waals surface area (Å²) in [5.74, 6) is -2.04. The van der Waals surface area contributed by atoms with Crippen molar-refractivity contribution >= 4 is 28.9 Å². The van der Waals surface area contributed by atoms with Gasteiger partial charge in [-0.25, -0.2) is 4.79 Å². The van der Waals surface area contributed by atoms with Gasteiger partial charge in [0.15, 0.2) is 0 Å². The number of benzene rings is 2. The van der Waals surface area contributed by atoms with Crippen LogP contribution in [-0.2, 0) is 11.0 Å². The van der Waals surface area contributed by atoms with Crippen LogP contribution in [0, 0.1) is 0 Å². The zero-order valence-electron chi connectivity index (χ0n) is 16.1. The molecule has 3 aromatic rings. The zero-order chi connectivity index (χ0) is 22.3. The number of ether oxygens (including phenoxy) is 1. The van der Waals surface area contributed by atoms with Crippen molar-refractivity contribution in [2.24, 2.45) is 0 Å². The highest BCUT2D eigenvalue weighted by atomic mass is 32.1. The first-order valence-corrected chi connectivity index (χ1v) is 10.0. The Bertz CT molecular complexity index is 1170. The van der Waals surface area contributed by atoms with Gasteiger partial charge in [0.25, 0.3) is 0 Å². The van der Waals surface area contributed by atoms with Gasteiger partial charge in [0.05, 0.1) is 18.4 Å². The lowest BCUT2D eigenvalue weighted by Gasteiger charge is -2.26. The molecule has 0 unspecified atom stereocenters. The Kier molecular flexibility index (Phi) is 5.22. The van der Waals surface area contributed by atoms with Crippen molar-refractivity contribution in [3.05, 3.63) is 69.4 Å². The summed E-state index contributed by atoms with van der Waals surface area (Å²) in [7, 11) is 1.49. The fourth-order valence-corrected chi connectivity index (χ4v) is 5.02. The molecule has 0 aliphatic carbocycles. The van der Waals surface area contributed by atoms with Gasteiger partial charge >= 0.3 is 12.1 Å². The van der Waals surface area contributed by atoms with Crippen LogP contribution in [0.2, 0.25) is 0 Å². The van der Waals surface area contributed by atoms with E-state index >= 15 is 0 Å². The lowest BCUT2D eigenvalue weighted by Crippen LogP contribution is -2.24. The third-order valence-corrected chi connectivity index (χ3v) is 6.41. The number of alkyl halides is 3. The number of aromatic carboxylic acids is 1. The third kappa shape index (κ3) is 3.76. The Labute approximate surface area is 179 Å². The standard InChI is InChI=1S/C22H16F3NO4S/c1-30-12-8-6-11(7-9-12)17-18-19(31-20(17)21(28)29)14(10-16(27)26-18)13-4-2-3-5-15(13)22(23,24)25/h2-9,14H,10H2,1H3,(H,26,27)(H,28,29)/t14-/m0/s1. The molecule has 0 saturated heterocycles. The Balaban J connectivity index is 1.94. The van der Waals surface area contributed by atoms with Gasteiger partial charge < -0.3 is 15.2 Å². The van der Waals surface area contributed by atoms with Gasteiger partial charge in [0.2, 0.25) is 5.91 Å². The maximum atomic E-state index is 13.6. The Morgan fingerprint density at radius 1 is 1.16 bits per heavy atom. The molecule has 1 amide bonds. The second-order valence-corrected chi connectivity index (χ2v) is 8.02. The van der Waals surface area contributed by atoms with E-state index < -0.39 is 29.5 Å². The summed E-state index contributed by atoms with van der Waals surface area (Å²) in [6, 6.07) is 11.7. The second kappa shape index (κ2) is 7.73. The molecule has 2 N–H and O–H groups in total. The van der Waals surface area contributed by atoms with Gasteiger partial charge in [0.1, 0.15) is 10.6 Å². The summed E-state index contributed by atoms with van der Waals surface area (Å²) in [6.45, 7) is 0. The summed E-state index contributed by atoms with van der Waals surface area (Å²) >= 11 is 0.886. The first-order valence-electron chi connectivity index (χ1n) is 9.21. The molecule has 4 rings (SSSR count). The molecular formula is C22H16F3NO4S. The van der Waals surface area contributed by atoms with E-state index in [9.17, 15) is 27.9 Å². The van der Waals surface area contributed by atoms with Gasteiger partial charge in [-0.15, -0.1) is 11.3 Å². The highest BCUT2D eigenvalue weighted by molar-refractivity contribution is 7.15. The molecule has 160 valence electrons. The number of carbonyl (C=O) groups excluding carboxylic acids is 1. The van der Waals surface area contributed by atoms with Crippen LogP contribution in [0.3, 0.4) is 0 Å². The van der Waals surface area contributed by atoms with Crippen molar-refractivity contribution < 1.29 is 32.6 Å². The maximum absolute atomic E-state index is 13.6. The molecule has 31 heavy (non-hydrogen) atoms. The number of anilines is 1. The van der Waals surface area contributed by atoms with Crippen molar-refractivity contribution in [3.63, 3.8) is 0 Å². The van der Waals surface area contributed by atoms with E-state index in [0.29, 0.717) is 16.2 Å². The van der Waals surface area contributed by atoms with Crippen LogP contribution in [0.15, 0.2) is 48.5 Å². The number of carbonyl (C=O) groups is 2. The number of nitrogens with one attached hydrogen (secondary N) is 1. The number of thiophene rings is 1. The molecule has 0 radical (unpaired) electrons. The minimum Gasteiger partial charge on any atom is -0.497 e. The van der Waals surface area contributed by atoms with Crippen molar-refractivity contribution in [2.75, 3.05) is 12.4 Å². The van der Waals surface area contributed by atoms with Crippen molar-refractivity contribution in [1.82, 2.24) is 0 Å². The Hall–Kier alpha value is -3.33. The molecule has 1 aliphatic heterocycles. The molecule has 9 heteroatoms. The van der Waals surface area contributed by atoms with E-state index in [1.165, 1.54) is 25.3 Å². The highest BCUT2D eigenvalue weighted by Gasteiger charge is 2.40. The van der Waals surface area contributed by atoms with E-state index in [0.717, 1.165) is 17.4 Å². The molecule has 0 spiro atoms. The van der Waals surface area contributed by atoms with Gasteiger partial charge in [-0.05, 0) is 29.3 Å². The van der Waals surface area contributed by atoms with Gasteiger partial charge in [0, 0.05) is 22.8 Å². The molecule has 5 nitrogen and oxygen atoms in total. The number of amides is 1. The third-order valence-electron chi connectivity index (χ3n) is 5.12. The molecular weight excluding hydrogens is 431 g/mol. The molecule has 2 heterocycles. The monoisotopic (exact) mass is 447 g/mol. The summed E-state index contributed by atoms with van der Waals surface area (Å²) < 4.78 is 46.0. The van der Waals surface area contributed by atoms with Crippen LogP contribution >= 0.6 is 11.3 Å². The molecule has 1 aliphatic rings. The summed E-state index contributed by atoms with van der Waals surface area (Å²) in [6.07, 6.45) is -4.81. The number of fused-ring (bicyclic) bond motifs is 1. The van der Waals surface area contributed by atoms with Gasteiger partial charge in [-0.1, -0.05) is 30.3 Å². The van der Waals surface area contributed by atoms with Crippen molar-refractivity contribution in [1.29, 1.82) is 0 Å². The quantitative estimate of drug-likeness (QED) is 0.545. The van der Waals surface area contributed by atoms with E-state index in [2.05, 4.69) is 5.32 Å². The fourth-order valence-electron chi connectivity index (χ4n) is 3.78. The smallest absolute Gasteiger partial charge is 0.416 e. The van der Waals surface area contributed by atoms with Gasteiger partial charge in [-0.3, -0.25) is 4.79 Å². The van der Waals surface area contributed by atoms with E-state index in [4.69, 9.17) is 4.74 Å². The average Bonchev–Trinajstić information content (AvgIpc) is 3.12. The average molecular weight is 447 g/mol. The molecule has 1 aromatic heterocycles. The number of rotatable bonds is 4. The van der Waals surface area contributed by atoms with Crippen LogP contribution in [0.4, 0.5) is 18.9 Å². The summed E-state index contributed by atoms with van der Waals surface area (Å²) in [5, 5.41) is 12.5. The molecule has 0 fully saturated rings. The molecule has 0 bridgehead atoms. The fraction of sp³-hybridized carbons (Fsp3) is 0.182. The molecule has 0 saturated carbocycles. The van der Waals surface area contributed by atoms with Crippen LogP contribution < -0.4 is 10.1 Å². The van der Waals surface area contributed by atoms with E-state index in [1.54, 1.807) is 24.3 Å². The predicted molar refractivity (Wildman–Crippen MR) is 110 cm³/mol. The summed E-state index contributed by atoms with van der Waals surface area (Å²) in [5.41, 5.74) is 0.145. The summed E-state index contributed by atoms with van der Waals surface area (Å²) in [4.78, 5) is 24.8. The van der Waals surface area contributed by atoms with E-state index in [1.807, 2.05) is 0 Å². The minimum atomic E-state index is -4.60. The normalized spacial score (nSPS) is 15.9. The number of methoxy groups -OCH3 is 1. The van der Waals surface area contributed by atoms with Gasteiger partial charge in [-0.2, -0.15) is 13.2 Å². The van der Waals surface area contributed by atoms with Crippen molar-refractivity contribution in [2.45, 2.75) is 18.5 Å². The number of hydrogen-bond donors (Lipinski definition) is 2. The number of hydrogen-bond acceptors (Lipinski definition) is 4. The molecule has 2 aromatic carbocycles. The van der Waals surface area contributed by atoms with Crippen LogP contribution in [0.5, 0.6) is 5.75 Å². The Morgan fingerprint density at radius 3 is 2.45 bits per heavy atom. The SMILES string of the molecule is COc1ccc(-c2c(C(=O)O)sc3c2NC(=O)C[C@H]3c2ccccc2C(F)(F)F)cc1. The zero-order valence-corrected chi connectivity index (χ0v) is 16.9. The van der Waals surface area contributed by atoms with Crippen LogP contribution in [0.1, 0.15) is 38.0 Å². The Morgan fingerprint density at radius 2 is 1.84 bits per heavy atom. The van der Waals surface area contributed by atoms with E-state index in [-0.39, 0.29) is 28.1 Å². The topological polar surface area (TPSA) is 75.6 Å². The van der Waals surface area contributed by atoms with Crippen molar-refractivity contribution in [3.8, 4) is 16.9 Å². The van der Waals surface area contributed by atoms with Crippen LogP contribution in [0.25, 0.3) is 11.1 Å². The molecule has 1 atom stereocenters. The first kappa shape index (κ1) is 20.9. The number of carboxylic acid groups (broad SMARTS) is 1. The number of halogens is 3. The van der Waals surface area contributed by atoms with Crippen LogP contribution in [-0.4, -0.2) is 24.1 Å². The number of carboxylic acids is 1. The lowest BCUT2D eigenvalue weighted by atomic mass is 9.86. The predicted octanol–water partition coefficient (Wildman–Crippen LogP) is 5.61. The minimum absolute atomic E-state index is 0.0492. The maximum Gasteiger partial charge on any atom is 0.416 e. The lowest BCUT2D eigenvalue weighted by molar-refractivity contribution is -0.138. The largest absolute Gasteiger partial charge is 0.497 e. The first-order chi connectivity index (χ1) is 14.7.